The third-order valence-corrected chi connectivity index (χ3v) is 4.93. The number of carboxylic acid groups (broad SMARTS) is 4. The maximum absolute atomic E-state index is 12.7. The van der Waals surface area contributed by atoms with Crippen LogP contribution in [-0.2, 0) is 33.6 Å². The molecule has 0 saturated carbocycles. The lowest BCUT2D eigenvalue weighted by Gasteiger charge is -2.24. The van der Waals surface area contributed by atoms with E-state index < -0.39 is 97.9 Å². The van der Waals surface area contributed by atoms with Crippen LogP contribution in [0.2, 0.25) is 0 Å². The van der Waals surface area contributed by atoms with Gasteiger partial charge in [-0.05, 0) is 32.2 Å². The van der Waals surface area contributed by atoms with Gasteiger partial charge in [0.1, 0.15) is 18.1 Å². The summed E-state index contributed by atoms with van der Waals surface area (Å²) in [6.07, 6.45) is -1.77. The summed E-state index contributed by atoms with van der Waals surface area (Å²) in [4.78, 5) is 81.7. The number of carbonyl (C=O) groups excluding carboxylic acids is 3. The Morgan fingerprint density at radius 2 is 1.26 bits per heavy atom. The third-order valence-electron chi connectivity index (χ3n) is 4.93. The fourth-order valence-electron chi connectivity index (χ4n) is 3.17. The lowest BCUT2D eigenvalue weighted by Crippen LogP contribution is -2.57. The molecule has 4 atom stereocenters. The minimum absolute atomic E-state index is 0.470. The Morgan fingerprint density at radius 1 is 0.735 bits per heavy atom. The highest BCUT2D eigenvalue weighted by Gasteiger charge is 2.32. The van der Waals surface area contributed by atoms with Gasteiger partial charge in [0, 0.05) is 12.8 Å². The predicted molar refractivity (Wildman–Crippen MR) is 110 cm³/mol. The zero-order chi connectivity index (χ0) is 25.8. The molecule has 0 aromatic heterocycles. The molecule has 4 unspecified atom stereocenters. The van der Waals surface area contributed by atoms with E-state index in [1.807, 2.05) is 5.32 Å². The first-order valence-corrected chi connectivity index (χ1v) is 10.4. The van der Waals surface area contributed by atoms with E-state index in [1.165, 1.54) is 0 Å². The van der Waals surface area contributed by atoms with E-state index in [-0.39, 0.29) is 0 Å². The van der Waals surface area contributed by atoms with Crippen LogP contribution in [-0.4, -0.2) is 92.7 Å². The second-order valence-electron chi connectivity index (χ2n) is 7.63. The molecular formula is C19H28N4O11. The number of hydrogen-bond acceptors (Lipinski definition) is 8. The lowest BCUT2D eigenvalue weighted by atomic mass is 10.1. The van der Waals surface area contributed by atoms with Crippen LogP contribution in [0.1, 0.15) is 44.9 Å². The Balaban J connectivity index is 2.95. The van der Waals surface area contributed by atoms with Crippen LogP contribution in [0, 0.1) is 0 Å². The zero-order valence-electron chi connectivity index (χ0n) is 18.1. The largest absolute Gasteiger partial charge is 0.481 e. The standard InChI is InChI=1S/C19H28N4O11/c24-13(25)5-3-10(17(31)22-11(19(33)34)4-6-14(26)27)21-18(32)12(8-15(28)29)23-16(30)9-2-1-7-20-9/h9-12,20H,1-8H2,(H,21,32)(H,22,31)(H,23,30)(H,24,25)(H,26,27)(H,28,29)(H,33,34). The van der Waals surface area contributed by atoms with Crippen molar-refractivity contribution < 1.29 is 54.0 Å². The summed E-state index contributed by atoms with van der Waals surface area (Å²) < 4.78 is 0. The molecule has 0 spiro atoms. The quantitative estimate of drug-likeness (QED) is 0.119. The normalized spacial score (nSPS) is 17.6. The second-order valence-corrected chi connectivity index (χ2v) is 7.63. The average Bonchev–Trinajstić information content (AvgIpc) is 3.27. The summed E-state index contributed by atoms with van der Waals surface area (Å²) >= 11 is 0. The molecule has 1 fully saturated rings. The molecule has 1 rings (SSSR count). The van der Waals surface area contributed by atoms with E-state index in [4.69, 9.17) is 15.3 Å². The fourth-order valence-corrected chi connectivity index (χ4v) is 3.17. The Hall–Kier alpha value is -3.75. The van der Waals surface area contributed by atoms with Gasteiger partial charge in [-0.2, -0.15) is 0 Å². The molecule has 8 N–H and O–H groups in total. The molecule has 15 heteroatoms. The molecule has 190 valence electrons. The molecule has 3 amide bonds. The number of carboxylic acids is 4. The maximum Gasteiger partial charge on any atom is 0.326 e. The molecule has 1 aliphatic rings. The van der Waals surface area contributed by atoms with Gasteiger partial charge in [-0.25, -0.2) is 4.79 Å². The van der Waals surface area contributed by atoms with E-state index in [0.29, 0.717) is 19.4 Å². The molecule has 1 heterocycles. The Morgan fingerprint density at radius 3 is 1.74 bits per heavy atom. The van der Waals surface area contributed by atoms with E-state index in [9.17, 15) is 38.7 Å². The van der Waals surface area contributed by atoms with Crippen molar-refractivity contribution in [3.8, 4) is 0 Å². The number of nitrogens with one attached hydrogen (secondary N) is 4. The monoisotopic (exact) mass is 488 g/mol. The van der Waals surface area contributed by atoms with Crippen molar-refractivity contribution in [3.63, 3.8) is 0 Å². The first kappa shape index (κ1) is 28.3. The van der Waals surface area contributed by atoms with Gasteiger partial charge < -0.3 is 41.7 Å². The van der Waals surface area contributed by atoms with Gasteiger partial charge >= 0.3 is 23.9 Å². The highest BCUT2D eigenvalue weighted by molar-refractivity contribution is 5.95. The number of carbonyl (C=O) groups is 7. The molecule has 0 aliphatic carbocycles. The molecule has 1 aliphatic heterocycles. The van der Waals surface area contributed by atoms with Crippen molar-refractivity contribution in [1.82, 2.24) is 21.3 Å². The highest BCUT2D eigenvalue weighted by atomic mass is 16.4. The van der Waals surface area contributed by atoms with Crippen LogP contribution in [0.25, 0.3) is 0 Å². The minimum atomic E-state index is -1.63. The maximum atomic E-state index is 12.7. The first-order valence-electron chi connectivity index (χ1n) is 10.4. The Labute approximate surface area is 193 Å². The molecule has 15 nitrogen and oxygen atoms in total. The lowest BCUT2D eigenvalue weighted by molar-refractivity contribution is -0.144. The Kier molecular flexibility index (Phi) is 11.4. The van der Waals surface area contributed by atoms with Crippen molar-refractivity contribution >= 4 is 41.6 Å². The van der Waals surface area contributed by atoms with Crippen LogP contribution in [0.3, 0.4) is 0 Å². The predicted octanol–water partition coefficient (Wildman–Crippen LogP) is -2.52. The van der Waals surface area contributed by atoms with Crippen molar-refractivity contribution in [2.75, 3.05) is 6.54 Å². The van der Waals surface area contributed by atoms with Crippen LogP contribution in [0.4, 0.5) is 0 Å². The van der Waals surface area contributed by atoms with Crippen molar-refractivity contribution in [1.29, 1.82) is 0 Å². The van der Waals surface area contributed by atoms with E-state index in [2.05, 4.69) is 16.0 Å². The van der Waals surface area contributed by atoms with E-state index in [1.54, 1.807) is 0 Å². The number of hydrogen-bond donors (Lipinski definition) is 8. The summed E-state index contributed by atoms with van der Waals surface area (Å²) in [7, 11) is 0. The van der Waals surface area contributed by atoms with Gasteiger partial charge in [0.25, 0.3) is 0 Å². The third kappa shape index (κ3) is 10.2. The fraction of sp³-hybridized carbons (Fsp3) is 0.632. The summed E-state index contributed by atoms with van der Waals surface area (Å²) in [5.74, 6) is -8.41. The summed E-state index contributed by atoms with van der Waals surface area (Å²) in [6.45, 7) is 0.567. The molecule has 0 aromatic rings. The van der Waals surface area contributed by atoms with E-state index in [0.717, 1.165) is 0 Å². The Bertz CT molecular complexity index is 810. The smallest absolute Gasteiger partial charge is 0.326 e. The van der Waals surface area contributed by atoms with Gasteiger partial charge in [-0.3, -0.25) is 28.8 Å². The molecule has 1 saturated heterocycles. The summed E-state index contributed by atoms with van der Waals surface area (Å²) in [5, 5.41) is 45.3. The molecule has 0 aromatic carbocycles. The number of rotatable bonds is 15. The second kappa shape index (κ2) is 13.7. The van der Waals surface area contributed by atoms with Gasteiger partial charge in [-0.15, -0.1) is 0 Å². The molecule has 0 radical (unpaired) electrons. The van der Waals surface area contributed by atoms with Crippen LogP contribution in [0.15, 0.2) is 0 Å². The van der Waals surface area contributed by atoms with Crippen molar-refractivity contribution in [2.24, 2.45) is 0 Å². The number of amides is 3. The highest BCUT2D eigenvalue weighted by Crippen LogP contribution is 2.07. The van der Waals surface area contributed by atoms with Gasteiger partial charge in [0.05, 0.1) is 12.5 Å². The summed E-state index contributed by atoms with van der Waals surface area (Å²) in [5.41, 5.74) is 0. The van der Waals surface area contributed by atoms with Gasteiger partial charge in [0.15, 0.2) is 0 Å². The van der Waals surface area contributed by atoms with Crippen LogP contribution in [0.5, 0.6) is 0 Å². The van der Waals surface area contributed by atoms with Crippen molar-refractivity contribution in [2.45, 2.75) is 69.1 Å². The minimum Gasteiger partial charge on any atom is -0.481 e. The van der Waals surface area contributed by atoms with Crippen molar-refractivity contribution in [3.05, 3.63) is 0 Å². The van der Waals surface area contributed by atoms with Gasteiger partial charge in [0.2, 0.25) is 17.7 Å². The first-order chi connectivity index (χ1) is 15.9. The SMILES string of the molecule is O=C(O)CCC(NC(=O)C(CCC(=O)O)NC(=O)C(CC(=O)O)NC(=O)C1CCCN1)C(=O)O. The molecular weight excluding hydrogens is 460 g/mol. The molecule has 0 bridgehead atoms. The molecule has 34 heavy (non-hydrogen) atoms. The van der Waals surface area contributed by atoms with Gasteiger partial charge in [-0.1, -0.05) is 0 Å². The topological polar surface area (TPSA) is 249 Å². The van der Waals surface area contributed by atoms with Crippen LogP contribution < -0.4 is 21.3 Å². The van der Waals surface area contributed by atoms with Crippen LogP contribution >= 0.6 is 0 Å². The summed E-state index contributed by atoms with van der Waals surface area (Å²) in [6, 6.07) is -5.43. The number of aliphatic carboxylic acids is 4. The zero-order valence-corrected chi connectivity index (χ0v) is 18.1. The van der Waals surface area contributed by atoms with E-state index >= 15 is 0 Å². The average molecular weight is 488 g/mol.